The van der Waals surface area contributed by atoms with Crippen LogP contribution in [0.25, 0.3) is 5.57 Å². The van der Waals surface area contributed by atoms with E-state index in [1.165, 1.54) is 5.57 Å². The summed E-state index contributed by atoms with van der Waals surface area (Å²) in [5.41, 5.74) is 7.08. The van der Waals surface area contributed by atoms with Crippen molar-refractivity contribution < 1.29 is 4.42 Å². The highest BCUT2D eigenvalue weighted by Gasteiger charge is 2.15. The molecule has 2 N–H and O–H groups in total. The van der Waals surface area contributed by atoms with Crippen molar-refractivity contribution in [2.24, 2.45) is 5.73 Å². The Hall–Kier alpha value is -0.540. The zero-order valence-corrected chi connectivity index (χ0v) is 8.88. The molecule has 1 aliphatic carbocycles. The number of hydrogen-bond acceptors (Lipinski definition) is 2. The van der Waals surface area contributed by atoms with Crippen molar-refractivity contribution in [3.8, 4) is 0 Å². The normalized spacial score (nSPS) is 22.9. The van der Waals surface area contributed by atoms with Crippen LogP contribution in [0.15, 0.2) is 27.3 Å². The third-order valence-corrected chi connectivity index (χ3v) is 2.93. The molecule has 1 aliphatic rings. The maximum atomic E-state index is 5.85. The van der Waals surface area contributed by atoms with Crippen molar-refractivity contribution in [3.63, 3.8) is 0 Å². The number of allylic oxidation sites excluding steroid dienone is 1. The summed E-state index contributed by atoms with van der Waals surface area (Å²) in [6.45, 7) is 0. The number of halogens is 1. The molecule has 0 aromatic carbocycles. The minimum absolute atomic E-state index is 0.195. The van der Waals surface area contributed by atoms with Crippen molar-refractivity contribution in [3.05, 3.63) is 28.6 Å². The Balaban J connectivity index is 2.30. The molecule has 1 aromatic heterocycles. The fraction of sp³-hybridized carbons (Fsp3) is 0.400. The summed E-state index contributed by atoms with van der Waals surface area (Å²) in [6.07, 6.45) is 7.11. The van der Waals surface area contributed by atoms with Gasteiger partial charge in [-0.3, -0.25) is 0 Å². The lowest BCUT2D eigenvalue weighted by atomic mass is 9.95. The molecule has 1 heterocycles. The van der Waals surface area contributed by atoms with Gasteiger partial charge in [0, 0.05) is 6.04 Å². The zero-order valence-electron chi connectivity index (χ0n) is 7.29. The first-order valence-corrected chi connectivity index (χ1v) is 5.26. The van der Waals surface area contributed by atoms with Crippen molar-refractivity contribution in [2.45, 2.75) is 25.3 Å². The molecule has 2 nitrogen and oxygen atoms in total. The van der Waals surface area contributed by atoms with Crippen LogP contribution in [0.2, 0.25) is 0 Å². The van der Waals surface area contributed by atoms with Crippen LogP contribution in [0.5, 0.6) is 0 Å². The molecule has 13 heavy (non-hydrogen) atoms. The Morgan fingerprint density at radius 2 is 2.38 bits per heavy atom. The number of rotatable bonds is 1. The standard InChI is InChI=1S/C10H12BrNO/c11-9-4-5-13-10(9)7-2-1-3-8(12)6-7/h4-6,8H,1-3,12H2. The molecule has 1 unspecified atom stereocenters. The fourth-order valence-corrected chi connectivity index (χ4v) is 2.12. The summed E-state index contributed by atoms with van der Waals surface area (Å²) in [7, 11) is 0. The largest absolute Gasteiger partial charge is 0.463 e. The van der Waals surface area contributed by atoms with Gasteiger partial charge in [0.2, 0.25) is 0 Å². The van der Waals surface area contributed by atoms with Crippen LogP contribution in [0, 0.1) is 0 Å². The maximum Gasteiger partial charge on any atom is 0.143 e. The SMILES string of the molecule is NC1C=C(c2occc2Br)CCC1. The molecule has 0 saturated carbocycles. The van der Waals surface area contributed by atoms with Crippen LogP contribution in [-0.4, -0.2) is 6.04 Å². The molecule has 3 heteroatoms. The van der Waals surface area contributed by atoms with Gasteiger partial charge < -0.3 is 10.2 Å². The highest BCUT2D eigenvalue weighted by atomic mass is 79.9. The molecule has 0 radical (unpaired) electrons. The lowest BCUT2D eigenvalue weighted by Crippen LogP contribution is -2.19. The van der Waals surface area contributed by atoms with Crippen LogP contribution in [0.3, 0.4) is 0 Å². The average molecular weight is 242 g/mol. The van der Waals surface area contributed by atoms with Crippen molar-refractivity contribution in [1.29, 1.82) is 0 Å². The highest BCUT2D eigenvalue weighted by molar-refractivity contribution is 9.10. The summed E-state index contributed by atoms with van der Waals surface area (Å²) in [5.74, 6) is 0.940. The lowest BCUT2D eigenvalue weighted by molar-refractivity contribution is 0.540. The van der Waals surface area contributed by atoms with Crippen LogP contribution in [-0.2, 0) is 0 Å². The van der Waals surface area contributed by atoms with E-state index in [0.29, 0.717) is 0 Å². The molecular weight excluding hydrogens is 230 g/mol. The van der Waals surface area contributed by atoms with Crippen molar-refractivity contribution in [1.82, 2.24) is 0 Å². The first-order chi connectivity index (χ1) is 6.27. The molecular formula is C10H12BrNO. The van der Waals surface area contributed by atoms with E-state index >= 15 is 0 Å². The molecule has 1 aromatic rings. The fourth-order valence-electron chi connectivity index (χ4n) is 1.67. The van der Waals surface area contributed by atoms with E-state index in [0.717, 1.165) is 29.5 Å². The molecule has 70 valence electrons. The Morgan fingerprint density at radius 3 is 3.00 bits per heavy atom. The zero-order chi connectivity index (χ0) is 9.26. The van der Waals surface area contributed by atoms with E-state index in [4.69, 9.17) is 10.2 Å². The summed E-state index contributed by atoms with van der Waals surface area (Å²) in [6, 6.07) is 2.11. The molecule has 2 rings (SSSR count). The first-order valence-electron chi connectivity index (χ1n) is 4.47. The molecule has 0 spiro atoms. The van der Waals surface area contributed by atoms with Crippen LogP contribution >= 0.6 is 15.9 Å². The van der Waals surface area contributed by atoms with Crippen LogP contribution in [0.1, 0.15) is 25.0 Å². The minimum atomic E-state index is 0.195. The van der Waals surface area contributed by atoms with E-state index in [1.807, 2.05) is 6.07 Å². The van der Waals surface area contributed by atoms with Crippen molar-refractivity contribution >= 4 is 21.5 Å². The van der Waals surface area contributed by atoms with Gasteiger partial charge in [-0.1, -0.05) is 6.08 Å². The van der Waals surface area contributed by atoms with E-state index in [9.17, 15) is 0 Å². The van der Waals surface area contributed by atoms with Gasteiger partial charge in [-0.05, 0) is 46.8 Å². The third kappa shape index (κ3) is 1.86. The smallest absolute Gasteiger partial charge is 0.143 e. The Labute approximate surface area is 85.9 Å². The van der Waals surface area contributed by atoms with Gasteiger partial charge in [0.05, 0.1) is 10.7 Å². The Bertz CT molecular complexity index is 329. The molecule has 0 aliphatic heterocycles. The summed E-state index contributed by atoms with van der Waals surface area (Å²) in [5, 5.41) is 0. The maximum absolute atomic E-state index is 5.85. The van der Waals surface area contributed by atoms with Gasteiger partial charge in [-0.25, -0.2) is 0 Å². The van der Waals surface area contributed by atoms with Gasteiger partial charge in [0.25, 0.3) is 0 Å². The van der Waals surface area contributed by atoms with Crippen molar-refractivity contribution in [2.75, 3.05) is 0 Å². The molecule has 0 saturated heterocycles. The van der Waals surface area contributed by atoms with E-state index < -0.39 is 0 Å². The molecule has 1 atom stereocenters. The molecule has 0 bridgehead atoms. The Kier molecular flexibility index (Phi) is 2.56. The molecule has 0 fully saturated rings. The van der Waals surface area contributed by atoms with E-state index in [-0.39, 0.29) is 6.04 Å². The second kappa shape index (κ2) is 3.68. The van der Waals surface area contributed by atoms with Gasteiger partial charge in [0.1, 0.15) is 5.76 Å². The average Bonchev–Trinajstić information content (AvgIpc) is 2.51. The van der Waals surface area contributed by atoms with Gasteiger partial charge in [-0.15, -0.1) is 0 Å². The lowest BCUT2D eigenvalue weighted by Gasteiger charge is -2.16. The Morgan fingerprint density at radius 1 is 1.54 bits per heavy atom. The topological polar surface area (TPSA) is 39.2 Å². The predicted octanol–water partition coefficient (Wildman–Crippen LogP) is 2.94. The first kappa shape index (κ1) is 9.03. The number of furan rings is 1. The van der Waals surface area contributed by atoms with E-state index in [1.54, 1.807) is 6.26 Å². The van der Waals surface area contributed by atoms with Crippen LogP contribution in [0.4, 0.5) is 0 Å². The summed E-state index contributed by atoms with van der Waals surface area (Å²) in [4.78, 5) is 0. The second-order valence-corrected chi connectivity index (χ2v) is 4.20. The highest BCUT2D eigenvalue weighted by Crippen LogP contribution is 2.31. The number of hydrogen-bond donors (Lipinski definition) is 1. The predicted molar refractivity (Wildman–Crippen MR) is 56.2 cm³/mol. The second-order valence-electron chi connectivity index (χ2n) is 3.35. The number of nitrogens with two attached hydrogens (primary N) is 1. The summed E-state index contributed by atoms with van der Waals surface area (Å²) < 4.78 is 6.40. The summed E-state index contributed by atoms with van der Waals surface area (Å²) >= 11 is 3.45. The van der Waals surface area contributed by atoms with Crippen LogP contribution < -0.4 is 5.73 Å². The van der Waals surface area contributed by atoms with Gasteiger partial charge in [0.15, 0.2) is 0 Å². The quantitative estimate of drug-likeness (QED) is 0.822. The van der Waals surface area contributed by atoms with Gasteiger partial charge >= 0.3 is 0 Å². The third-order valence-electron chi connectivity index (χ3n) is 2.31. The minimum Gasteiger partial charge on any atom is -0.463 e. The molecule has 0 amide bonds. The van der Waals surface area contributed by atoms with Gasteiger partial charge in [-0.2, -0.15) is 0 Å². The van der Waals surface area contributed by atoms with E-state index in [2.05, 4.69) is 22.0 Å². The monoisotopic (exact) mass is 241 g/mol.